The molecule has 0 aliphatic heterocycles. The van der Waals surface area contributed by atoms with Gasteiger partial charge in [-0.3, -0.25) is 0 Å². The third-order valence-corrected chi connectivity index (χ3v) is 3.87. The fourth-order valence-electron chi connectivity index (χ4n) is 2.57. The topological polar surface area (TPSA) is 60.2 Å². The molecule has 5 nitrogen and oxygen atoms in total. The van der Waals surface area contributed by atoms with E-state index in [0.717, 1.165) is 17.7 Å². The first-order valence-corrected chi connectivity index (χ1v) is 8.48. The molecule has 0 bridgehead atoms. The molecular weight excluding hydrogens is 314 g/mol. The summed E-state index contributed by atoms with van der Waals surface area (Å²) in [4.78, 5) is 0. The van der Waals surface area contributed by atoms with E-state index in [1.54, 1.807) is 6.92 Å². The highest BCUT2D eigenvalue weighted by atomic mass is 16.5. The molecule has 1 atom stereocenters. The number of anilines is 1. The smallest absolute Gasteiger partial charge is 0.238 e. The van der Waals surface area contributed by atoms with Gasteiger partial charge in [-0.05, 0) is 36.6 Å². The average molecular weight is 337 g/mol. The van der Waals surface area contributed by atoms with Crippen LogP contribution >= 0.6 is 0 Å². The highest BCUT2D eigenvalue weighted by molar-refractivity contribution is 5.46. The molecule has 0 aliphatic carbocycles. The molecule has 1 aromatic heterocycles. The number of hydrogen-bond donors (Lipinski definition) is 1. The number of nitrogens with one attached hydrogen (secondary N) is 1. The maximum atomic E-state index is 5.80. The monoisotopic (exact) mass is 337 g/mol. The van der Waals surface area contributed by atoms with Crippen LogP contribution in [0.5, 0.6) is 0 Å². The van der Waals surface area contributed by atoms with Crippen molar-refractivity contribution in [3.8, 4) is 0 Å². The van der Waals surface area contributed by atoms with Crippen molar-refractivity contribution in [2.24, 2.45) is 0 Å². The van der Waals surface area contributed by atoms with Crippen molar-refractivity contribution in [2.75, 3.05) is 11.9 Å². The molecule has 2 aromatic carbocycles. The molecule has 130 valence electrons. The Balaban J connectivity index is 1.49. The van der Waals surface area contributed by atoms with Crippen molar-refractivity contribution in [3.05, 3.63) is 77.5 Å². The van der Waals surface area contributed by atoms with Gasteiger partial charge in [0.15, 0.2) is 0 Å². The Morgan fingerprint density at radius 3 is 2.60 bits per heavy atom. The first kappa shape index (κ1) is 17.2. The van der Waals surface area contributed by atoms with Gasteiger partial charge in [0.1, 0.15) is 6.04 Å². The normalized spacial score (nSPS) is 12.1. The molecule has 0 saturated carbocycles. The molecular formula is C20H23N3O2. The fourth-order valence-corrected chi connectivity index (χ4v) is 2.57. The third-order valence-electron chi connectivity index (χ3n) is 3.87. The van der Waals surface area contributed by atoms with Crippen molar-refractivity contribution in [3.63, 3.8) is 0 Å². The molecule has 1 heterocycles. The number of rotatable bonds is 8. The Morgan fingerprint density at radius 2 is 1.84 bits per heavy atom. The Labute approximate surface area is 148 Å². The minimum atomic E-state index is -0.0459. The molecule has 0 saturated heterocycles. The van der Waals surface area contributed by atoms with Crippen LogP contribution < -0.4 is 5.32 Å². The Kier molecular flexibility index (Phi) is 5.80. The van der Waals surface area contributed by atoms with Crippen molar-refractivity contribution in [2.45, 2.75) is 32.9 Å². The second-order valence-corrected chi connectivity index (χ2v) is 6.01. The van der Waals surface area contributed by atoms with Crippen LogP contribution in [0.25, 0.3) is 0 Å². The van der Waals surface area contributed by atoms with Gasteiger partial charge in [-0.2, -0.15) is 0 Å². The molecule has 3 rings (SSSR count). The van der Waals surface area contributed by atoms with E-state index in [4.69, 9.17) is 9.15 Å². The summed E-state index contributed by atoms with van der Waals surface area (Å²) >= 11 is 0. The molecule has 5 heteroatoms. The van der Waals surface area contributed by atoms with Gasteiger partial charge in [0.25, 0.3) is 0 Å². The number of benzene rings is 2. The summed E-state index contributed by atoms with van der Waals surface area (Å²) < 4.78 is 11.3. The van der Waals surface area contributed by atoms with Crippen molar-refractivity contribution in [1.29, 1.82) is 0 Å². The van der Waals surface area contributed by atoms with Crippen LogP contribution in [0.4, 0.5) is 5.69 Å². The van der Waals surface area contributed by atoms with E-state index in [9.17, 15) is 0 Å². The van der Waals surface area contributed by atoms with Crippen LogP contribution in [0.2, 0.25) is 0 Å². The Bertz CT molecular complexity index is 786. The van der Waals surface area contributed by atoms with Crippen molar-refractivity contribution in [1.82, 2.24) is 10.2 Å². The van der Waals surface area contributed by atoms with Crippen LogP contribution in [0.1, 0.15) is 35.9 Å². The highest BCUT2D eigenvalue weighted by Gasteiger charge is 2.12. The van der Waals surface area contributed by atoms with E-state index in [2.05, 4.69) is 51.9 Å². The average Bonchev–Trinajstić information content (AvgIpc) is 3.07. The summed E-state index contributed by atoms with van der Waals surface area (Å²) in [6, 6.07) is 18.5. The van der Waals surface area contributed by atoms with E-state index < -0.39 is 0 Å². The molecule has 25 heavy (non-hydrogen) atoms. The third kappa shape index (κ3) is 5.16. The predicted octanol–water partition coefficient (Wildman–Crippen LogP) is 4.31. The van der Waals surface area contributed by atoms with Crippen LogP contribution in [-0.4, -0.2) is 16.8 Å². The molecule has 0 spiro atoms. The molecule has 0 radical (unpaired) electrons. The van der Waals surface area contributed by atoms with Crippen LogP contribution in [0.15, 0.2) is 59.0 Å². The summed E-state index contributed by atoms with van der Waals surface area (Å²) in [5.74, 6) is 1.16. The summed E-state index contributed by atoms with van der Waals surface area (Å²) in [6.45, 7) is 5.09. The maximum Gasteiger partial charge on any atom is 0.238 e. The standard InChI is InChI=1S/C20H23N3O2/c1-15(20-23-22-16(2)25-20)21-19-10-6-9-18(13-19)14-24-12-11-17-7-4-3-5-8-17/h3-10,13,15,21H,11-12,14H2,1-2H3/t15-/m0/s1. The molecule has 0 amide bonds. The largest absolute Gasteiger partial charge is 0.423 e. The molecule has 0 unspecified atom stereocenters. The number of ether oxygens (including phenoxy) is 1. The summed E-state index contributed by atoms with van der Waals surface area (Å²) in [6.07, 6.45) is 0.923. The highest BCUT2D eigenvalue weighted by Crippen LogP contribution is 2.19. The van der Waals surface area contributed by atoms with Crippen LogP contribution in [-0.2, 0) is 17.8 Å². The second kappa shape index (κ2) is 8.44. The lowest BCUT2D eigenvalue weighted by Crippen LogP contribution is -2.07. The van der Waals surface area contributed by atoms with E-state index in [1.165, 1.54) is 5.56 Å². The molecule has 3 aromatic rings. The van der Waals surface area contributed by atoms with E-state index in [0.29, 0.717) is 25.0 Å². The van der Waals surface area contributed by atoms with E-state index >= 15 is 0 Å². The lowest BCUT2D eigenvalue weighted by molar-refractivity contribution is 0.124. The lowest BCUT2D eigenvalue weighted by Gasteiger charge is -2.13. The SMILES string of the molecule is Cc1nnc([C@H](C)Nc2cccc(COCCc3ccccc3)c2)o1. The summed E-state index contributed by atoms with van der Waals surface area (Å²) in [7, 11) is 0. The van der Waals surface area contributed by atoms with Gasteiger partial charge < -0.3 is 14.5 Å². The number of aromatic nitrogens is 2. The van der Waals surface area contributed by atoms with Gasteiger partial charge in [-0.15, -0.1) is 10.2 Å². The minimum Gasteiger partial charge on any atom is -0.423 e. The van der Waals surface area contributed by atoms with Crippen molar-refractivity contribution < 1.29 is 9.15 Å². The predicted molar refractivity (Wildman–Crippen MR) is 97.3 cm³/mol. The first-order valence-electron chi connectivity index (χ1n) is 8.48. The lowest BCUT2D eigenvalue weighted by atomic mass is 10.2. The fraction of sp³-hybridized carbons (Fsp3) is 0.300. The van der Waals surface area contributed by atoms with Gasteiger partial charge in [0.05, 0.1) is 13.2 Å². The van der Waals surface area contributed by atoms with E-state index in [-0.39, 0.29) is 6.04 Å². The molecule has 0 aliphatic rings. The van der Waals surface area contributed by atoms with Gasteiger partial charge in [0.2, 0.25) is 11.8 Å². The maximum absolute atomic E-state index is 5.80. The van der Waals surface area contributed by atoms with Crippen LogP contribution in [0, 0.1) is 6.92 Å². The zero-order chi connectivity index (χ0) is 17.5. The van der Waals surface area contributed by atoms with Gasteiger partial charge in [-0.1, -0.05) is 42.5 Å². The van der Waals surface area contributed by atoms with Crippen molar-refractivity contribution >= 4 is 5.69 Å². The summed E-state index contributed by atoms with van der Waals surface area (Å²) in [5.41, 5.74) is 3.43. The van der Waals surface area contributed by atoms with Crippen LogP contribution in [0.3, 0.4) is 0 Å². The minimum absolute atomic E-state index is 0.0459. The number of aryl methyl sites for hydroxylation is 1. The Morgan fingerprint density at radius 1 is 1.04 bits per heavy atom. The second-order valence-electron chi connectivity index (χ2n) is 6.01. The first-order chi connectivity index (χ1) is 12.2. The Hall–Kier alpha value is -2.66. The number of nitrogens with zero attached hydrogens (tertiary/aromatic N) is 2. The van der Waals surface area contributed by atoms with E-state index in [1.807, 2.05) is 25.1 Å². The quantitative estimate of drug-likeness (QED) is 0.621. The molecule has 0 fully saturated rings. The van der Waals surface area contributed by atoms with Gasteiger partial charge in [-0.25, -0.2) is 0 Å². The van der Waals surface area contributed by atoms with Gasteiger partial charge >= 0.3 is 0 Å². The van der Waals surface area contributed by atoms with Gasteiger partial charge in [0, 0.05) is 12.6 Å². The molecule has 1 N–H and O–H groups in total. The zero-order valence-corrected chi connectivity index (χ0v) is 14.6. The zero-order valence-electron chi connectivity index (χ0n) is 14.6. The number of hydrogen-bond acceptors (Lipinski definition) is 5. The summed E-state index contributed by atoms with van der Waals surface area (Å²) in [5, 5.41) is 11.3.